The van der Waals surface area contributed by atoms with E-state index < -0.39 is 0 Å². The maximum Gasteiger partial charge on any atom is 0.112 e. The van der Waals surface area contributed by atoms with Crippen molar-refractivity contribution in [2.24, 2.45) is 0 Å². The van der Waals surface area contributed by atoms with Crippen LogP contribution in [0.3, 0.4) is 0 Å². The average Bonchev–Trinajstić information content (AvgIpc) is 2.80. The van der Waals surface area contributed by atoms with Crippen molar-refractivity contribution in [3.8, 4) is 0 Å². The molecule has 2 rings (SSSR count). The predicted octanol–water partition coefficient (Wildman–Crippen LogP) is 3.28. The van der Waals surface area contributed by atoms with Gasteiger partial charge in [0.2, 0.25) is 0 Å². The van der Waals surface area contributed by atoms with Crippen molar-refractivity contribution >= 4 is 22.7 Å². The number of hydrogen-bond acceptors (Lipinski definition) is 5. The van der Waals surface area contributed by atoms with Gasteiger partial charge in [-0.15, -0.1) is 11.3 Å². The molecule has 0 aliphatic heterocycles. The fourth-order valence-corrected chi connectivity index (χ4v) is 2.28. The van der Waals surface area contributed by atoms with E-state index in [0.717, 1.165) is 41.6 Å². The highest BCUT2D eigenvalue weighted by Gasteiger charge is 2.00. The van der Waals surface area contributed by atoms with Crippen molar-refractivity contribution in [1.82, 2.24) is 9.97 Å². The Hall–Kier alpha value is -1.62. The summed E-state index contributed by atoms with van der Waals surface area (Å²) in [5.74, 6) is 0. The third-order valence-electron chi connectivity index (χ3n) is 2.43. The van der Waals surface area contributed by atoms with Gasteiger partial charge in [-0.25, -0.2) is 4.98 Å². The first-order chi connectivity index (χ1) is 8.78. The van der Waals surface area contributed by atoms with E-state index in [9.17, 15) is 0 Å². The summed E-state index contributed by atoms with van der Waals surface area (Å²) >= 11 is 1.68. The van der Waals surface area contributed by atoms with Crippen molar-refractivity contribution in [1.29, 1.82) is 0 Å². The van der Waals surface area contributed by atoms with Crippen LogP contribution in [0.2, 0.25) is 0 Å². The molecule has 0 radical (unpaired) electrons. The van der Waals surface area contributed by atoms with Crippen LogP contribution in [0.1, 0.15) is 24.0 Å². The van der Waals surface area contributed by atoms with E-state index in [-0.39, 0.29) is 0 Å². The first kappa shape index (κ1) is 12.8. The van der Waals surface area contributed by atoms with Gasteiger partial charge in [0.05, 0.1) is 30.3 Å². The molecule has 0 unspecified atom stereocenters. The van der Waals surface area contributed by atoms with Crippen LogP contribution in [0.15, 0.2) is 23.8 Å². The second-order valence-corrected chi connectivity index (χ2v) is 5.07. The van der Waals surface area contributed by atoms with Crippen molar-refractivity contribution in [3.63, 3.8) is 0 Å². The number of aromatic nitrogens is 2. The largest absolute Gasteiger partial charge is 0.384 e. The number of rotatable bonds is 6. The zero-order valence-electron chi connectivity index (χ0n) is 10.7. The molecule has 2 N–H and O–H groups in total. The minimum absolute atomic E-state index is 0.747. The van der Waals surface area contributed by atoms with Gasteiger partial charge >= 0.3 is 0 Å². The number of aryl methyl sites for hydroxylation is 1. The number of hydrogen-bond donors (Lipinski definition) is 2. The molecule has 0 amide bonds. The molecule has 0 aliphatic rings. The van der Waals surface area contributed by atoms with Gasteiger partial charge < -0.3 is 10.6 Å². The van der Waals surface area contributed by atoms with Gasteiger partial charge in [-0.1, -0.05) is 6.92 Å². The lowest BCUT2D eigenvalue weighted by Gasteiger charge is -2.07. The maximum absolute atomic E-state index is 4.42. The van der Waals surface area contributed by atoms with Crippen molar-refractivity contribution in [2.45, 2.75) is 26.8 Å². The SMILES string of the molecule is CCCNc1cncc(NCc2nc(C)cs2)c1. The van der Waals surface area contributed by atoms with Crippen molar-refractivity contribution in [3.05, 3.63) is 34.5 Å². The Morgan fingerprint density at radius 1 is 1.22 bits per heavy atom. The molecule has 0 aromatic carbocycles. The van der Waals surface area contributed by atoms with Crippen LogP contribution in [0.4, 0.5) is 11.4 Å². The first-order valence-electron chi connectivity index (χ1n) is 6.11. The number of anilines is 2. The molecular weight excluding hydrogens is 244 g/mol. The molecular formula is C13H18N4S. The van der Waals surface area contributed by atoms with Gasteiger partial charge in [-0.2, -0.15) is 0 Å². The van der Waals surface area contributed by atoms with Gasteiger partial charge in [-0.05, 0) is 19.4 Å². The van der Waals surface area contributed by atoms with Crippen LogP contribution in [-0.2, 0) is 6.54 Å². The molecule has 18 heavy (non-hydrogen) atoms. The fourth-order valence-electron chi connectivity index (χ4n) is 1.56. The zero-order chi connectivity index (χ0) is 12.8. The summed E-state index contributed by atoms with van der Waals surface area (Å²) in [6.45, 7) is 5.87. The monoisotopic (exact) mass is 262 g/mol. The molecule has 5 heteroatoms. The Labute approximate surface area is 111 Å². The highest BCUT2D eigenvalue weighted by molar-refractivity contribution is 7.09. The van der Waals surface area contributed by atoms with E-state index in [2.05, 4.69) is 39.0 Å². The van der Waals surface area contributed by atoms with Gasteiger partial charge in [-0.3, -0.25) is 4.98 Å². The zero-order valence-corrected chi connectivity index (χ0v) is 11.5. The summed E-state index contributed by atoms with van der Waals surface area (Å²) in [5, 5.41) is 9.82. The smallest absolute Gasteiger partial charge is 0.112 e. The summed E-state index contributed by atoms with van der Waals surface area (Å²) in [7, 11) is 0. The van der Waals surface area contributed by atoms with Gasteiger partial charge in [0, 0.05) is 17.6 Å². The first-order valence-corrected chi connectivity index (χ1v) is 6.99. The van der Waals surface area contributed by atoms with Crippen LogP contribution in [0, 0.1) is 6.92 Å². The lowest BCUT2D eigenvalue weighted by molar-refractivity contribution is 0.977. The quantitative estimate of drug-likeness (QED) is 0.839. The van der Waals surface area contributed by atoms with Crippen molar-refractivity contribution in [2.75, 3.05) is 17.2 Å². The molecule has 2 heterocycles. The van der Waals surface area contributed by atoms with Crippen LogP contribution in [-0.4, -0.2) is 16.5 Å². The normalized spacial score (nSPS) is 10.3. The Morgan fingerprint density at radius 2 is 2.00 bits per heavy atom. The number of pyridine rings is 1. The predicted molar refractivity (Wildman–Crippen MR) is 77.2 cm³/mol. The molecule has 0 saturated carbocycles. The van der Waals surface area contributed by atoms with E-state index in [1.165, 1.54) is 0 Å². The van der Waals surface area contributed by atoms with Crippen LogP contribution < -0.4 is 10.6 Å². The minimum Gasteiger partial charge on any atom is -0.384 e. The molecule has 2 aromatic rings. The Morgan fingerprint density at radius 3 is 2.67 bits per heavy atom. The highest BCUT2D eigenvalue weighted by Crippen LogP contribution is 2.15. The fraction of sp³-hybridized carbons (Fsp3) is 0.385. The molecule has 0 fully saturated rings. The van der Waals surface area contributed by atoms with Gasteiger partial charge in [0.15, 0.2) is 0 Å². The Balaban J connectivity index is 1.92. The molecule has 0 spiro atoms. The minimum atomic E-state index is 0.747. The number of nitrogens with zero attached hydrogens (tertiary/aromatic N) is 2. The molecule has 0 atom stereocenters. The van der Waals surface area contributed by atoms with Crippen LogP contribution in [0.5, 0.6) is 0 Å². The van der Waals surface area contributed by atoms with Gasteiger partial charge in [0.1, 0.15) is 5.01 Å². The average molecular weight is 262 g/mol. The highest BCUT2D eigenvalue weighted by atomic mass is 32.1. The lowest BCUT2D eigenvalue weighted by Crippen LogP contribution is -2.03. The van der Waals surface area contributed by atoms with E-state index in [1.54, 1.807) is 11.3 Å². The molecule has 0 aliphatic carbocycles. The van der Waals surface area contributed by atoms with E-state index >= 15 is 0 Å². The molecule has 2 aromatic heterocycles. The third kappa shape index (κ3) is 3.70. The molecule has 4 nitrogen and oxygen atoms in total. The lowest BCUT2D eigenvalue weighted by atomic mass is 10.3. The molecule has 0 bridgehead atoms. The summed E-state index contributed by atoms with van der Waals surface area (Å²) in [4.78, 5) is 8.63. The Bertz CT molecular complexity index is 495. The van der Waals surface area contributed by atoms with Crippen molar-refractivity contribution < 1.29 is 0 Å². The second-order valence-electron chi connectivity index (χ2n) is 4.13. The van der Waals surface area contributed by atoms with E-state index in [1.807, 2.05) is 19.3 Å². The standard InChI is InChI=1S/C13H18N4S/c1-3-4-15-11-5-12(7-14-6-11)16-8-13-17-10(2)9-18-13/h5-7,9,15-16H,3-4,8H2,1-2H3. The molecule has 96 valence electrons. The summed E-state index contributed by atoms with van der Waals surface area (Å²) in [6, 6.07) is 2.07. The van der Waals surface area contributed by atoms with E-state index in [0.29, 0.717) is 0 Å². The van der Waals surface area contributed by atoms with Crippen LogP contribution >= 0.6 is 11.3 Å². The number of nitrogens with one attached hydrogen (secondary N) is 2. The summed E-state index contributed by atoms with van der Waals surface area (Å²) in [6.07, 6.45) is 4.78. The second kappa shape index (κ2) is 6.35. The third-order valence-corrected chi connectivity index (χ3v) is 3.39. The Kier molecular flexibility index (Phi) is 4.52. The van der Waals surface area contributed by atoms with Crippen LogP contribution in [0.25, 0.3) is 0 Å². The molecule has 0 saturated heterocycles. The number of thiazole rings is 1. The maximum atomic E-state index is 4.42. The van der Waals surface area contributed by atoms with E-state index in [4.69, 9.17) is 0 Å². The van der Waals surface area contributed by atoms with Gasteiger partial charge in [0.25, 0.3) is 0 Å². The summed E-state index contributed by atoms with van der Waals surface area (Å²) < 4.78 is 0. The topological polar surface area (TPSA) is 49.8 Å². The summed E-state index contributed by atoms with van der Waals surface area (Å²) in [5.41, 5.74) is 3.15.